The number of Topliss-reactive ketones (excluding diaryl/α,β-unsaturated/α-hetero) is 2. The van der Waals surface area contributed by atoms with E-state index in [1.165, 1.54) is 116 Å². The third kappa shape index (κ3) is 33.5. The molecule has 0 fully saturated rings. The molecule has 0 aliphatic carbocycles. The molecule has 4 heteroatoms. The second kappa shape index (κ2) is 35.1. The van der Waals surface area contributed by atoms with Crippen molar-refractivity contribution in [1.29, 1.82) is 0 Å². The molecule has 0 aromatic rings. The number of unbranched alkanes of at least 4 members (excludes halogenated alkanes) is 22. The maximum Gasteiger partial charge on any atom is 0.303 e. The van der Waals surface area contributed by atoms with Gasteiger partial charge >= 0.3 is 5.97 Å². The molecule has 1 N–H and O–H groups in total. The molecule has 0 rings (SSSR count). The van der Waals surface area contributed by atoms with Crippen LogP contribution in [0, 0.1) is 5.92 Å². The first-order valence-corrected chi connectivity index (χ1v) is 19.6. The van der Waals surface area contributed by atoms with Crippen molar-refractivity contribution in [2.24, 2.45) is 5.92 Å². The molecule has 1 unspecified atom stereocenters. The Hall–Kier alpha value is -1.71. The van der Waals surface area contributed by atoms with Crippen molar-refractivity contribution >= 4 is 17.5 Å². The predicted octanol–water partition coefficient (Wildman–Crippen LogP) is 13.1. The number of carboxylic acids is 1. The Morgan fingerprint density at radius 2 is 0.822 bits per heavy atom. The molecular formula is C41H74O4. The average molecular weight is 631 g/mol. The van der Waals surface area contributed by atoms with Gasteiger partial charge in [0.05, 0.1) is 0 Å². The van der Waals surface area contributed by atoms with Crippen molar-refractivity contribution in [3.8, 4) is 0 Å². The van der Waals surface area contributed by atoms with Crippen molar-refractivity contribution in [2.75, 3.05) is 0 Å². The molecule has 0 aliphatic heterocycles. The average Bonchev–Trinajstić information content (AvgIpc) is 3.02. The lowest BCUT2D eigenvalue weighted by Crippen LogP contribution is -2.20. The Morgan fingerprint density at radius 3 is 1.22 bits per heavy atom. The van der Waals surface area contributed by atoms with E-state index in [0.717, 1.165) is 51.4 Å². The number of hydrogen-bond acceptors (Lipinski definition) is 3. The fraction of sp³-hybridized carbons (Fsp3) is 0.829. The Morgan fingerprint density at radius 1 is 0.467 bits per heavy atom. The second-order valence-corrected chi connectivity index (χ2v) is 13.5. The molecule has 0 amide bonds. The number of carbonyl (C=O) groups is 3. The number of hydrogen-bond donors (Lipinski definition) is 1. The maximum absolute atomic E-state index is 12.9. The standard InChI is InChI=1S/C41H74O4/c1-3-5-7-9-11-13-15-17-19-21-23-25-27-29-31-33-39(42)37-38(35-36-41(44)45)40(43)34-32-30-28-26-24-22-20-18-16-14-12-10-8-6-4-2/h17-20,38H,3-16,21-37H2,1-2H3,(H,44,45)/b19-17-,20-18-. The molecule has 0 aliphatic rings. The summed E-state index contributed by atoms with van der Waals surface area (Å²) in [6.07, 6.45) is 42.6. The van der Waals surface area contributed by atoms with Crippen LogP contribution >= 0.6 is 0 Å². The van der Waals surface area contributed by atoms with E-state index in [1.54, 1.807) is 0 Å². The van der Waals surface area contributed by atoms with Gasteiger partial charge in [0.15, 0.2) is 0 Å². The molecule has 0 saturated carbocycles. The summed E-state index contributed by atoms with van der Waals surface area (Å²) in [5.41, 5.74) is 0. The molecule has 0 aromatic carbocycles. The quantitative estimate of drug-likeness (QED) is 0.0552. The molecule has 0 spiro atoms. The first-order valence-electron chi connectivity index (χ1n) is 19.6. The number of allylic oxidation sites excluding steroid dienone is 4. The Labute approximate surface area is 279 Å². The van der Waals surface area contributed by atoms with Crippen molar-refractivity contribution in [3.63, 3.8) is 0 Å². The van der Waals surface area contributed by atoms with E-state index >= 15 is 0 Å². The Kier molecular flexibility index (Phi) is 33.8. The second-order valence-electron chi connectivity index (χ2n) is 13.5. The summed E-state index contributed by atoms with van der Waals surface area (Å²) in [6.45, 7) is 4.52. The summed E-state index contributed by atoms with van der Waals surface area (Å²) in [5, 5.41) is 9.14. The van der Waals surface area contributed by atoms with Crippen LogP contribution in [0.1, 0.15) is 213 Å². The zero-order chi connectivity index (χ0) is 33.1. The lowest BCUT2D eigenvalue weighted by Gasteiger charge is -2.14. The van der Waals surface area contributed by atoms with Gasteiger partial charge in [0.1, 0.15) is 11.6 Å². The van der Waals surface area contributed by atoms with Crippen molar-refractivity contribution in [2.45, 2.75) is 213 Å². The molecule has 0 saturated heterocycles. The van der Waals surface area contributed by atoms with Crippen LogP contribution in [-0.2, 0) is 14.4 Å². The van der Waals surface area contributed by atoms with Crippen LogP contribution in [0.2, 0.25) is 0 Å². The van der Waals surface area contributed by atoms with Gasteiger partial charge in [-0.2, -0.15) is 0 Å². The van der Waals surface area contributed by atoms with Crippen LogP contribution in [0.5, 0.6) is 0 Å². The number of ketones is 2. The number of carboxylic acid groups (broad SMARTS) is 1. The van der Waals surface area contributed by atoms with Crippen molar-refractivity contribution < 1.29 is 19.5 Å². The highest BCUT2D eigenvalue weighted by molar-refractivity contribution is 5.88. The third-order valence-electron chi connectivity index (χ3n) is 9.04. The summed E-state index contributed by atoms with van der Waals surface area (Å²) in [7, 11) is 0. The van der Waals surface area contributed by atoms with E-state index in [2.05, 4.69) is 38.2 Å². The van der Waals surface area contributed by atoms with Crippen LogP contribution in [-0.4, -0.2) is 22.6 Å². The van der Waals surface area contributed by atoms with Gasteiger partial charge in [0.2, 0.25) is 0 Å². The number of carbonyl (C=O) groups excluding carboxylic acids is 2. The predicted molar refractivity (Wildman–Crippen MR) is 194 cm³/mol. The zero-order valence-electron chi connectivity index (χ0n) is 30.0. The molecule has 0 heterocycles. The van der Waals surface area contributed by atoms with E-state index in [1.807, 2.05) is 0 Å². The van der Waals surface area contributed by atoms with Crippen LogP contribution in [0.25, 0.3) is 0 Å². The molecular weight excluding hydrogens is 556 g/mol. The highest BCUT2D eigenvalue weighted by Gasteiger charge is 2.22. The minimum Gasteiger partial charge on any atom is -0.481 e. The molecule has 262 valence electrons. The lowest BCUT2D eigenvalue weighted by atomic mass is 9.88. The van der Waals surface area contributed by atoms with E-state index in [0.29, 0.717) is 12.8 Å². The van der Waals surface area contributed by atoms with E-state index in [-0.39, 0.29) is 30.8 Å². The highest BCUT2D eigenvalue weighted by Crippen LogP contribution is 2.20. The van der Waals surface area contributed by atoms with Crippen molar-refractivity contribution in [3.05, 3.63) is 24.3 Å². The zero-order valence-corrected chi connectivity index (χ0v) is 30.0. The smallest absolute Gasteiger partial charge is 0.303 e. The molecule has 45 heavy (non-hydrogen) atoms. The SMILES string of the molecule is CCCCCCCC/C=C\CCCCCCCC(=O)CC(CCC(=O)O)C(=O)CCCCCCC/C=C\CCCCCCCC. The van der Waals surface area contributed by atoms with Gasteiger partial charge in [0.25, 0.3) is 0 Å². The van der Waals surface area contributed by atoms with Crippen LogP contribution in [0.4, 0.5) is 0 Å². The minimum atomic E-state index is -0.890. The van der Waals surface area contributed by atoms with Gasteiger partial charge in [-0.3, -0.25) is 14.4 Å². The summed E-state index contributed by atoms with van der Waals surface area (Å²) < 4.78 is 0. The largest absolute Gasteiger partial charge is 0.481 e. The van der Waals surface area contributed by atoms with E-state index in [4.69, 9.17) is 5.11 Å². The van der Waals surface area contributed by atoms with E-state index in [9.17, 15) is 14.4 Å². The van der Waals surface area contributed by atoms with Gasteiger partial charge < -0.3 is 5.11 Å². The van der Waals surface area contributed by atoms with Gasteiger partial charge in [0, 0.05) is 31.6 Å². The van der Waals surface area contributed by atoms with E-state index < -0.39 is 11.9 Å². The number of rotatable bonds is 36. The topological polar surface area (TPSA) is 71.4 Å². The van der Waals surface area contributed by atoms with Crippen LogP contribution in [0.15, 0.2) is 24.3 Å². The first kappa shape index (κ1) is 43.3. The van der Waals surface area contributed by atoms with Crippen LogP contribution < -0.4 is 0 Å². The Balaban J connectivity index is 3.92. The van der Waals surface area contributed by atoms with Gasteiger partial charge in [-0.05, 0) is 70.6 Å². The normalized spacial score (nSPS) is 12.4. The molecule has 0 aromatic heterocycles. The molecule has 1 atom stereocenters. The molecule has 0 radical (unpaired) electrons. The summed E-state index contributed by atoms with van der Waals surface area (Å²) >= 11 is 0. The summed E-state index contributed by atoms with van der Waals surface area (Å²) in [4.78, 5) is 36.7. The van der Waals surface area contributed by atoms with Crippen LogP contribution in [0.3, 0.4) is 0 Å². The third-order valence-corrected chi connectivity index (χ3v) is 9.04. The van der Waals surface area contributed by atoms with Crippen molar-refractivity contribution in [1.82, 2.24) is 0 Å². The minimum absolute atomic E-state index is 0.0382. The molecule has 4 nitrogen and oxygen atoms in total. The first-order chi connectivity index (χ1) is 22.0. The summed E-state index contributed by atoms with van der Waals surface area (Å²) in [6, 6.07) is 0. The van der Waals surface area contributed by atoms with Gasteiger partial charge in [-0.15, -0.1) is 0 Å². The Bertz CT molecular complexity index is 738. The fourth-order valence-corrected chi connectivity index (χ4v) is 6.02. The molecule has 0 bridgehead atoms. The number of aliphatic carboxylic acids is 1. The highest BCUT2D eigenvalue weighted by atomic mass is 16.4. The van der Waals surface area contributed by atoms with Gasteiger partial charge in [-0.25, -0.2) is 0 Å². The van der Waals surface area contributed by atoms with Gasteiger partial charge in [-0.1, -0.05) is 141 Å². The fourth-order valence-electron chi connectivity index (χ4n) is 6.02. The monoisotopic (exact) mass is 631 g/mol. The summed E-state index contributed by atoms with van der Waals surface area (Å²) in [5.74, 6) is -1.10. The lowest BCUT2D eigenvalue weighted by molar-refractivity contribution is -0.138. The maximum atomic E-state index is 12.9.